The Morgan fingerprint density at radius 3 is 1.36 bits per heavy atom. The van der Waals surface area contributed by atoms with Gasteiger partial charge in [0.15, 0.2) is 0 Å². The van der Waals surface area contributed by atoms with Gasteiger partial charge in [0.05, 0.1) is 0 Å². The molecule has 1 saturated carbocycles. The van der Waals surface area contributed by atoms with Crippen molar-refractivity contribution >= 4 is 52.9 Å². The minimum Gasteiger partial charge on any atom is -0.140 e. The summed E-state index contributed by atoms with van der Waals surface area (Å²) in [5.41, 5.74) is 5.75. The largest absolute Gasteiger partial charge is 0.140 e. The van der Waals surface area contributed by atoms with E-state index in [9.17, 15) is 0 Å². The van der Waals surface area contributed by atoms with E-state index in [4.69, 9.17) is 0 Å². The summed E-state index contributed by atoms with van der Waals surface area (Å²) in [5, 5.41) is 4.27. The number of hydrogen-bond acceptors (Lipinski definition) is 2. The van der Waals surface area contributed by atoms with Gasteiger partial charge in [-0.3, -0.25) is 0 Å². The first-order valence-corrected chi connectivity index (χ1v) is 20.0. The smallest absolute Gasteiger partial charge is 0.0355 e. The Labute approximate surface area is 306 Å². The van der Waals surface area contributed by atoms with Crippen LogP contribution in [0.15, 0.2) is 164 Å². The van der Waals surface area contributed by atoms with Crippen LogP contribution in [0, 0.1) is 0 Å². The summed E-state index contributed by atoms with van der Waals surface area (Å²) >= 11 is 3.86. The normalized spacial score (nSPS) is 14.0. The van der Waals surface area contributed by atoms with Gasteiger partial charge in [-0.1, -0.05) is 165 Å². The predicted molar refractivity (Wildman–Crippen MR) is 222 cm³/mol. The molecule has 0 saturated heterocycles. The van der Waals surface area contributed by atoms with Crippen molar-refractivity contribution in [2.24, 2.45) is 0 Å². The van der Waals surface area contributed by atoms with Crippen molar-refractivity contribution in [2.45, 2.75) is 63.7 Å². The van der Waals surface area contributed by atoms with E-state index in [-0.39, 0.29) is 0 Å². The fraction of sp³-hybridized carbons (Fsp3) is 0.208. The molecule has 0 aliphatic heterocycles. The molecule has 2 heteroatoms. The second kappa shape index (κ2) is 17.4. The molecule has 2 aliphatic carbocycles. The van der Waals surface area contributed by atoms with Crippen LogP contribution in [0.3, 0.4) is 0 Å². The molecule has 8 aromatic rings. The highest BCUT2D eigenvalue weighted by Crippen LogP contribution is 2.36. The molecule has 0 atom stereocenters. The Bertz CT molecular complexity index is 2100. The lowest BCUT2D eigenvalue weighted by molar-refractivity contribution is 0.443. The Kier molecular flexibility index (Phi) is 11.8. The third-order valence-corrected chi connectivity index (χ3v) is 12.3. The van der Waals surface area contributed by atoms with Crippen LogP contribution in [0.1, 0.15) is 66.9 Å². The highest BCUT2D eigenvalue weighted by Gasteiger charge is 2.15. The van der Waals surface area contributed by atoms with Crippen molar-refractivity contribution in [3.8, 4) is 11.1 Å². The van der Waals surface area contributed by atoms with Crippen LogP contribution in [0.2, 0.25) is 0 Å². The van der Waals surface area contributed by atoms with E-state index in [0.29, 0.717) is 0 Å². The minimum atomic E-state index is 0.861. The van der Waals surface area contributed by atoms with Gasteiger partial charge in [0.25, 0.3) is 0 Å². The van der Waals surface area contributed by atoms with Gasteiger partial charge in [-0.25, -0.2) is 0 Å². The Morgan fingerprint density at radius 2 is 0.800 bits per heavy atom. The second-order valence-corrected chi connectivity index (χ2v) is 15.5. The van der Waals surface area contributed by atoms with E-state index < -0.39 is 0 Å². The SMILES string of the molecule is c1ccc(-c2ccccc2)cc1.c1ccc(C2CCCCC2)cc1.c1ccc2c(c1)sc1ccccc12.c1ccc2c3c(sc2c1)CCCC3. The van der Waals surface area contributed by atoms with E-state index in [1.807, 2.05) is 34.8 Å². The van der Waals surface area contributed by atoms with Gasteiger partial charge in [-0.2, -0.15) is 0 Å². The van der Waals surface area contributed by atoms with Gasteiger partial charge in [-0.15, -0.1) is 22.7 Å². The molecule has 250 valence electrons. The molecular formula is C48H46S2. The summed E-state index contributed by atoms with van der Waals surface area (Å²) < 4.78 is 4.24. The Balaban J connectivity index is 0.000000105. The van der Waals surface area contributed by atoms with Crippen LogP contribution in [-0.4, -0.2) is 0 Å². The summed E-state index contributed by atoms with van der Waals surface area (Å²) in [5.74, 6) is 0.861. The van der Waals surface area contributed by atoms with Crippen LogP contribution in [0.4, 0.5) is 0 Å². The lowest BCUT2D eigenvalue weighted by atomic mass is 9.84. The van der Waals surface area contributed by atoms with E-state index in [2.05, 4.69) is 152 Å². The Hall–Kier alpha value is -4.50. The molecular weight excluding hydrogens is 641 g/mol. The van der Waals surface area contributed by atoms with Crippen LogP contribution in [0.5, 0.6) is 0 Å². The molecule has 1 fully saturated rings. The molecule has 6 aromatic carbocycles. The summed E-state index contributed by atoms with van der Waals surface area (Å²) in [6, 6.07) is 57.7. The molecule has 0 spiro atoms. The summed E-state index contributed by atoms with van der Waals surface area (Å²) in [4.78, 5) is 1.65. The molecule has 0 unspecified atom stereocenters. The van der Waals surface area contributed by atoms with Crippen molar-refractivity contribution < 1.29 is 0 Å². The minimum absolute atomic E-state index is 0.861. The third kappa shape index (κ3) is 8.62. The van der Waals surface area contributed by atoms with Gasteiger partial charge in [0.2, 0.25) is 0 Å². The van der Waals surface area contributed by atoms with Crippen molar-refractivity contribution in [2.75, 3.05) is 0 Å². The fourth-order valence-corrected chi connectivity index (χ4v) is 9.71. The first-order valence-electron chi connectivity index (χ1n) is 18.3. The Morgan fingerprint density at radius 1 is 0.360 bits per heavy atom. The molecule has 0 N–H and O–H groups in total. The molecule has 0 nitrogen and oxygen atoms in total. The summed E-state index contributed by atoms with van der Waals surface area (Å²) in [6.45, 7) is 0. The highest BCUT2D eigenvalue weighted by molar-refractivity contribution is 7.25. The zero-order chi connectivity index (χ0) is 33.8. The quantitative estimate of drug-likeness (QED) is 0.170. The first kappa shape index (κ1) is 34.0. The fourth-order valence-electron chi connectivity index (χ4n) is 7.31. The predicted octanol–water partition coefficient (Wildman–Crippen LogP) is 14.9. The average molecular weight is 687 g/mol. The summed E-state index contributed by atoms with van der Waals surface area (Å²) in [6.07, 6.45) is 12.5. The maximum atomic E-state index is 2.27. The molecule has 0 bridgehead atoms. The first-order chi connectivity index (χ1) is 24.8. The van der Waals surface area contributed by atoms with Crippen molar-refractivity contribution in [1.82, 2.24) is 0 Å². The van der Waals surface area contributed by atoms with Crippen LogP contribution >= 0.6 is 22.7 Å². The maximum absolute atomic E-state index is 2.27. The van der Waals surface area contributed by atoms with Crippen LogP contribution in [0.25, 0.3) is 41.4 Å². The molecule has 10 rings (SSSR count). The maximum Gasteiger partial charge on any atom is 0.0355 e. The van der Waals surface area contributed by atoms with E-state index in [1.165, 1.54) is 99.2 Å². The number of aryl methyl sites for hydroxylation is 2. The van der Waals surface area contributed by atoms with E-state index in [1.54, 1.807) is 16.0 Å². The van der Waals surface area contributed by atoms with Crippen molar-refractivity contribution in [1.29, 1.82) is 0 Å². The van der Waals surface area contributed by atoms with Gasteiger partial charge in [0, 0.05) is 29.7 Å². The number of benzene rings is 6. The molecule has 2 aliphatic rings. The zero-order valence-corrected chi connectivity index (χ0v) is 30.5. The summed E-state index contributed by atoms with van der Waals surface area (Å²) in [7, 11) is 0. The number of hydrogen-bond donors (Lipinski definition) is 0. The molecule has 50 heavy (non-hydrogen) atoms. The molecule has 0 radical (unpaired) electrons. The number of rotatable bonds is 2. The standard InChI is InChI=1S/C12H12S.C12H8S.C12H16.C12H10/c2*1-3-7-11-9(5-1)10-6-2-4-8-12(10)13-11;2*1-3-7-11(8-4-1)12-9-5-2-6-10-12/h1,3,5,7H,2,4,6,8H2;1-8H;1,3-4,7-8,12H,2,5-6,9-10H2;1-10H. The lowest BCUT2D eigenvalue weighted by Crippen LogP contribution is -2.03. The van der Waals surface area contributed by atoms with Crippen LogP contribution in [-0.2, 0) is 12.8 Å². The lowest BCUT2D eigenvalue weighted by Gasteiger charge is -2.21. The molecule has 0 amide bonds. The third-order valence-electron chi connectivity index (χ3n) is 9.90. The number of thiophene rings is 2. The van der Waals surface area contributed by atoms with Crippen molar-refractivity contribution in [3.05, 3.63) is 180 Å². The van der Waals surface area contributed by atoms with Gasteiger partial charge < -0.3 is 0 Å². The average Bonchev–Trinajstić information content (AvgIpc) is 3.79. The van der Waals surface area contributed by atoms with Gasteiger partial charge in [0.1, 0.15) is 0 Å². The monoisotopic (exact) mass is 686 g/mol. The van der Waals surface area contributed by atoms with E-state index >= 15 is 0 Å². The number of fused-ring (bicyclic) bond motifs is 6. The van der Waals surface area contributed by atoms with Crippen LogP contribution < -0.4 is 0 Å². The molecule has 2 aromatic heterocycles. The van der Waals surface area contributed by atoms with Gasteiger partial charge >= 0.3 is 0 Å². The van der Waals surface area contributed by atoms with E-state index in [0.717, 1.165) is 5.92 Å². The van der Waals surface area contributed by atoms with Gasteiger partial charge in [-0.05, 0) is 90.3 Å². The zero-order valence-electron chi connectivity index (χ0n) is 28.8. The topological polar surface area (TPSA) is 0 Å². The highest BCUT2D eigenvalue weighted by atomic mass is 32.1. The van der Waals surface area contributed by atoms with Crippen molar-refractivity contribution in [3.63, 3.8) is 0 Å². The second-order valence-electron chi connectivity index (χ2n) is 13.3. The molecule has 2 heterocycles.